The molecule has 23 heavy (non-hydrogen) atoms. The molecule has 1 saturated heterocycles. The first kappa shape index (κ1) is 17.9. The molecule has 1 aromatic carbocycles. The van der Waals surface area contributed by atoms with E-state index in [0.29, 0.717) is 31.2 Å². The van der Waals surface area contributed by atoms with Gasteiger partial charge in [0.05, 0.1) is 16.9 Å². The molecular formula is C17H25N3O2S. The van der Waals surface area contributed by atoms with Crippen LogP contribution in [0.1, 0.15) is 38.3 Å². The van der Waals surface area contributed by atoms with E-state index in [1.165, 1.54) is 0 Å². The van der Waals surface area contributed by atoms with E-state index in [1.807, 2.05) is 18.2 Å². The van der Waals surface area contributed by atoms with E-state index in [2.05, 4.69) is 18.3 Å². The van der Waals surface area contributed by atoms with Gasteiger partial charge >= 0.3 is 0 Å². The lowest BCUT2D eigenvalue weighted by molar-refractivity contribution is 0.218. The van der Waals surface area contributed by atoms with E-state index in [4.69, 9.17) is 5.26 Å². The maximum atomic E-state index is 12.3. The van der Waals surface area contributed by atoms with Crippen molar-refractivity contribution in [2.24, 2.45) is 5.92 Å². The van der Waals surface area contributed by atoms with Crippen LogP contribution in [0.5, 0.6) is 0 Å². The second-order valence-corrected chi connectivity index (χ2v) is 9.01. The van der Waals surface area contributed by atoms with E-state index < -0.39 is 10.0 Å². The summed E-state index contributed by atoms with van der Waals surface area (Å²) < 4.78 is 26.1. The zero-order chi connectivity index (χ0) is 17.0. The van der Waals surface area contributed by atoms with E-state index in [1.54, 1.807) is 24.2 Å². The van der Waals surface area contributed by atoms with Crippen molar-refractivity contribution in [3.05, 3.63) is 35.4 Å². The Balaban J connectivity index is 1.93. The molecule has 1 N–H and O–H groups in total. The predicted molar refractivity (Wildman–Crippen MR) is 91.2 cm³/mol. The van der Waals surface area contributed by atoms with Crippen LogP contribution >= 0.6 is 0 Å². The molecule has 0 spiro atoms. The third-order valence-corrected chi connectivity index (χ3v) is 6.69. The largest absolute Gasteiger partial charge is 0.310 e. The molecule has 1 heterocycles. The molecule has 2 atom stereocenters. The molecule has 1 fully saturated rings. The lowest BCUT2D eigenvalue weighted by Crippen LogP contribution is -2.51. The van der Waals surface area contributed by atoms with Crippen molar-refractivity contribution >= 4 is 10.0 Å². The highest BCUT2D eigenvalue weighted by atomic mass is 32.2. The van der Waals surface area contributed by atoms with Crippen LogP contribution in [0, 0.1) is 17.2 Å². The van der Waals surface area contributed by atoms with Crippen LogP contribution in [-0.2, 0) is 16.6 Å². The molecule has 1 aliphatic heterocycles. The average Bonchev–Trinajstić information content (AvgIpc) is 2.53. The second kappa shape index (κ2) is 7.43. The minimum absolute atomic E-state index is 0.261. The lowest BCUT2D eigenvalue weighted by Gasteiger charge is -2.37. The fourth-order valence-corrected chi connectivity index (χ4v) is 4.34. The monoisotopic (exact) mass is 335 g/mol. The second-order valence-electron chi connectivity index (χ2n) is 6.52. The standard InChI is InChI=1S/C17H25N3O2S/c1-13(2)23(21,22)20-8-7-17(14(3)12-20)19-11-16-6-4-5-15(9-16)10-18/h4-6,9,13-14,17,19H,7-8,11-12H2,1-3H3. The van der Waals surface area contributed by atoms with Crippen LogP contribution in [0.2, 0.25) is 0 Å². The highest BCUT2D eigenvalue weighted by Crippen LogP contribution is 2.22. The molecule has 1 aliphatic rings. The van der Waals surface area contributed by atoms with Crippen molar-refractivity contribution in [2.75, 3.05) is 13.1 Å². The fraction of sp³-hybridized carbons (Fsp3) is 0.588. The van der Waals surface area contributed by atoms with Gasteiger partial charge in [0, 0.05) is 25.7 Å². The Kier molecular flexibility index (Phi) is 5.79. The number of nitrogens with one attached hydrogen (secondary N) is 1. The van der Waals surface area contributed by atoms with E-state index in [0.717, 1.165) is 12.0 Å². The summed E-state index contributed by atoms with van der Waals surface area (Å²) in [5, 5.41) is 12.1. The first-order chi connectivity index (χ1) is 10.8. The quantitative estimate of drug-likeness (QED) is 0.894. The highest BCUT2D eigenvalue weighted by molar-refractivity contribution is 7.89. The Morgan fingerprint density at radius 1 is 1.43 bits per heavy atom. The molecule has 0 amide bonds. The van der Waals surface area contributed by atoms with Gasteiger partial charge in [0.25, 0.3) is 0 Å². The molecule has 0 aliphatic carbocycles. The molecule has 0 bridgehead atoms. The van der Waals surface area contributed by atoms with Crippen LogP contribution in [-0.4, -0.2) is 37.1 Å². The zero-order valence-electron chi connectivity index (χ0n) is 14.0. The summed E-state index contributed by atoms with van der Waals surface area (Å²) in [5.41, 5.74) is 1.74. The summed E-state index contributed by atoms with van der Waals surface area (Å²) in [7, 11) is -3.16. The Labute approximate surface area is 139 Å². The van der Waals surface area contributed by atoms with Crippen molar-refractivity contribution in [2.45, 2.75) is 45.0 Å². The van der Waals surface area contributed by atoms with Crippen molar-refractivity contribution in [1.82, 2.24) is 9.62 Å². The van der Waals surface area contributed by atoms with Gasteiger partial charge in [-0.3, -0.25) is 0 Å². The summed E-state index contributed by atoms with van der Waals surface area (Å²) in [6, 6.07) is 10.00. The Morgan fingerprint density at radius 3 is 2.78 bits per heavy atom. The molecule has 2 rings (SSSR count). The number of sulfonamides is 1. The predicted octanol–water partition coefficient (Wildman–Crippen LogP) is 2.10. The first-order valence-corrected chi connectivity index (χ1v) is 9.56. The Bertz CT molecular complexity index is 679. The van der Waals surface area contributed by atoms with Gasteiger partial charge in [-0.1, -0.05) is 19.1 Å². The smallest absolute Gasteiger partial charge is 0.216 e. The number of piperidine rings is 1. The zero-order valence-corrected chi connectivity index (χ0v) is 14.8. The van der Waals surface area contributed by atoms with Crippen molar-refractivity contribution in [1.29, 1.82) is 5.26 Å². The van der Waals surface area contributed by atoms with Crippen molar-refractivity contribution < 1.29 is 8.42 Å². The van der Waals surface area contributed by atoms with Gasteiger partial charge in [-0.2, -0.15) is 5.26 Å². The number of nitrogens with zero attached hydrogens (tertiary/aromatic N) is 2. The fourth-order valence-electron chi connectivity index (χ4n) is 2.94. The first-order valence-electron chi connectivity index (χ1n) is 8.06. The van der Waals surface area contributed by atoms with Crippen molar-refractivity contribution in [3.8, 4) is 6.07 Å². The van der Waals surface area contributed by atoms with Gasteiger partial charge in [-0.25, -0.2) is 12.7 Å². The SMILES string of the molecule is CC1CN(S(=O)(=O)C(C)C)CCC1NCc1cccc(C#N)c1. The maximum absolute atomic E-state index is 12.3. The van der Waals surface area contributed by atoms with Gasteiger partial charge in [-0.15, -0.1) is 0 Å². The molecule has 0 aromatic heterocycles. The third kappa shape index (κ3) is 4.31. The molecule has 1 aromatic rings. The van der Waals surface area contributed by atoms with Gasteiger partial charge in [0.1, 0.15) is 0 Å². The number of hydrogen-bond acceptors (Lipinski definition) is 4. The summed E-state index contributed by atoms with van der Waals surface area (Å²) in [4.78, 5) is 0. The van der Waals surface area contributed by atoms with E-state index >= 15 is 0 Å². The average molecular weight is 335 g/mol. The molecule has 2 unspecified atom stereocenters. The molecule has 6 heteroatoms. The Hall–Kier alpha value is -1.42. The van der Waals surface area contributed by atoms with Gasteiger partial charge in [0.2, 0.25) is 10.0 Å². The normalized spacial score (nSPS) is 22.9. The maximum Gasteiger partial charge on any atom is 0.216 e. The van der Waals surface area contributed by atoms with Gasteiger partial charge in [0.15, 0.2) is 0 Å². The summed E-state index contributed by atoms with van der Waals surface area (Å²) in [6.07, 6.45) is 0.811. The third-order valence-electron chi connectivity index (χ3n) is 4.45. The summed E-state index contributed by atoms with van der Waals surface area (Å²) >= 11 is 0. The number of benzene rings is 1. The molecule has 0 radical (unpaired) electrons. The van der Waals surface area contributed by atoms with Gasteiger partial charge < -0.3 is 5.32 Å². The van der Waals surface area contributed by atoms with Crippen LogP contribution in [0.25, 0.3) is 0 Å². The molecular weight excluding hydrogens is 310 g/mol. The minimum atomic E-state index is -3.16. The van der Waals surface area contributed by atoms with E-state index in [-0.39, 0.29) is 11.2 Å². The minimum Gasteiger partial charge on any atom is -0.310 e. The van der Waals surface area contributed by atoms with Crippen LogP contribution in [0.3, 0.4) is 0 Å². The summed E-state index contributed by atoms with van der Waals surface area (Å²) in [6.45, 7) is 7.38. The number of hydrogen-bond donors (Lipinski definition) is 1. The van der Waals surface area contributed by atoms with Crippen molar-refractivity contribution in [3.63, 3.8) is 0 Å². The number of nitriles is 1. The van der Waals surface area contributed by atoms with Gasteiger partial charge in [-0.05, 0) is 43.9 Å². The molecule has 0 saturated carbocycles. The van der Waals surface area contributed by atoms with Crippen LogP contribution in [0.15, 0.2) is 24.3 Å². The Morgan fingerprint density at radius 2 is 2.17 bits per heavy atom. The topological polar surface area (TPSA) is 73.2 Å². The van der Waals surface area contributed by atoms with Crippen LogP contribution in [0.4, 0.5) is 0 Å². The molecule has 126 valence electrons. The van der Waals surface area contributed by atoms with E-state index in [9.17, 15) is 8.42 Å². The van der Waals surface area contributed by atoms with Crippen LogP contribution < -0.4 is 5.32 Å². The molecule has 5 nitrogen and oxygen atoms in total. The number of rotatable bonds is 5. The lowest BCUT2D eigenvalue weighted by atomic mass is 9.95. The summed E-state index contributed by atoms with van der Waals surface area (Å²) in [5.74, 6) is 0.261. The highest BCUT2D eigenvalue weighted by Gasteiger charge is 2.33.